The third kappa shape index (κ3) is 2.75. The van der Waals surface area contributed by atoms with Gasteiger partial charge in [-0.1, -0.05) is 65.8 Å². The molecule has 0 unspecified atom stereocenters. The van der Waals surface area contributed by atoms with Crippen LogP contribution in [0.15, 0.2) is 30.3 Å². The third-order valence-corrected chi connectivity index (χ3v) is 3.72. The van der Waals surface area contributed by atoms with E-state index in [0.717, 1.165) is 11.1 Å². The number of hydrogen-bond donors (Lipinski definition) is 1. The molecule has 0 heterocycles. The molecule has 0 aliphatic carbocycles. The Hall–Kier alpha value is -1.50. The highest BCUT2D eigenvalue weighted by Crippen LogP contribution is 2.33. The van der Waals surface area contributed by atoms with Crippen LogP contribution in [-0.2, 0) is 10.8 Å². The Kier molecular flexibility index (Phi) is 3.12. The molecule has 2 rings (SSSR count). The molecule has 0 bridgehead atoms. The number of nitrogens with two attached hydrogens (primary N) is 1. The molecule has 0 aliphatic rings. The van der Waals surface area contributed by atoms with E-state index in [1.165, 1.54) is 16.5 Å². The van der Waals surface area contributed by atoms with Gasteiger partial charge >= 0.3 is 0 Å². The summed E-state index contributed by atoms with van der Waals surface area (Å²) < 4.78 is 0. The normalized spacial score (nSPS) is 12.9. The van der Waals surface area contributed by atoms with E-state index < -0.39 is 0 Å². The van der Waals surface area contributed by atoms with Gasteiger partial charge in [-0.15, -0.1) is 0 Å². The van der Waals surface area contributed by atoms with Crippen molar-refractivity contribution in [2.45, 2.75) is 52.4 Å². The second kappa shape index (κ2) is 4.26. The van der Waals surface area contributed by atoms with Crippen molar-refractivity contribution in [1.29, 1.82) is 0 Å². The van der Waals surface area contributed by atoms with Crippen LogP contribution in [0.3, 0.4) is 0 Å². The minimum absolute atomic E-state index is 0.125. The number of hydrogen-bond acceptors (Lipinski definition) is 1. The topological polar surface area (TPSA) is 26.0 Å². The Morgan fingerprint density at radius 3 is 1.79 bits per heavy atom. The standard InChI is InChI=1S/C18H25N/c1-17(2,3)13-7-8-15-12(9-13)10-14(11-16(15)19)18(4,5)6/h7-11H,19H2,1-6H3. The summed E-state index contributed by atoms with van der Waals surface area (Å²) in [5.41, 5.74) is 10.0. The minimum Gasteiger partial charge on any atom is -0.398 e. The molecule has 0 amide bonds. The summed E-state index contributed by atoms with van der Waals surface area (Å²) in [5.74, 6) is 0. The Bertz CT molecular complexity index is 605. The molecular formula is C18H25N. The molecule has 1 heteroatoms. The van der Waals surface area contributed by atoms with E-state index in [0.29, 0.717) is 0 Å². The first kappa shape index (κ1) is 13.9. The van der Waals surface area contributed by atoms with Crippen molar-refractivity contribution in [1.82, 2.24) is 0 Å². The van der Waals surface area contributed by atoms with Crippen LogP contribution in [0, 0.1) is 0 Å². The van der Waals surface area contributed by atoms with Crippen LogP contribution < -0.4 is 5.73 Å². The summed E-state index contributed by atoms with van der Waals surface area (Å²) in [4.78, 5) is 0. The molecule has 0 saturated heterocycles. The second-order valence-electron chi connectivity index (χ2n) is 7.50. The Labute approximate surface area is 116 Å². The van der Waals surface area contributed by atoms with E-state index in [2.05, 4.69) is 71.9 Å². The van der Waals surface area contributed by atoms with E-state index in [1.54, 1.807) is 0 Å². The van der Waals surface area contributed by atoms with Crippen molar-refractivity contribution in [2.24, 2.45) is 0 Å². The summed E-state index contributed by atoms with van der Waals surface area (Å²) in [6.45, 7) is 13.4. The van der Waals surface area contributed by atoms with E-state index >= 15 is 0 Å². The van der Waals surface area contributed by atoms with Gasteiger partial charge in [-0.25, -0.2) is 0 Å². The first-order valence-corrected chi connectivity index (χ1v) is 6.93. The van der Waals surface area contributed by atoms with Crippen LogP contribution in [0.1, 0.15) is 52.7 Å². The first-order chi connectivity index (χ1) is 8.59. The molecule has 0 radical (unpaired) electrons. The van der Waals surface area contributed by atoms with Crippen molar-refractivity contribution in [3.05, 3.63) is 41.5 Å². The van der Waals surface area contributed by atoms with Gasteiger partial charge in [-0.3, -0.25) is 0 Å². The minimum atomic E-state index is 0.125. The summed E-state index contributed by atoms with van der Waals surface area (Å²) >= 11 is 0. The summed E-state index contributed by atoms with van der Waals surface area (Å²) in [6.07, 6.45) is 0. The highest BCUT2D eigenvalue weighted by Gasteiger charge is 2.17. The van der Waals surface area contributed by atoms with Crippen LogP contribution in [0.5, 0.6) is 0 Å². The van der Waals surface area contributed by atoms with Crippen molar-refractivity contribution < 1.29 is 0 Å². The van der Waals surface area contributed by atoms with Crippen molar-refractivity contribution in [2.75, 3.05) is 5.73 Å². The van der Waals surface area contributed by atoms with Gasteiger partial charge in [-0.05, 0) is 33.4 Å². The quantitative estimate of drug-likeness (QED) is 0.657. The zero-order valence-electron chi connectivity index (χ0n) is 13.0. The van der Waals surface area contributed by atoms with Crippen molar-refractivity contribution in [3.63, 3.8) is 0 Å². The summed E-state index contributed by atoms with van der Waals surface area (Å²) in [7, 11) is 0. The van der Waals surface area contributed by atoms with E-state index in [4.69, 9.17) is 5.73 Å². The van der Waals surface area contributed by atoms with Gasteiger partial charge in [0, 0.05) is 11.1 Å². The zero-order valence-corrected chi connectivity index (χ0v) is 13.0. The molecule has 2 aromatic rings. The molecule has 1 nitrogen and oxygen atoms in total. The molecule has 2 N–H and O–H groups in total. The van der Waals surface area contributed by atoms with Gasteiger partial charge in [0.2, 0.25) is 0 Å². The average molecular weight is 255 g/mol. The van der Waals surface area contributed by atoms with Gasteiger partial charge in [0.25, 0.3) is 0 Å². The molecule has 2 aromatic carbocycles. The second-order valence-corrected chi connectivity index (χ2v) is 7.50. The zero-order chi connectivity index (χ0) is 14.4. The maximum absolute atomic E-state index is 6.21. The van der Waals surface area contributed by atoms with E-state index in [1.807, 2.05) is 0 Å². The number of anilines is 1. The Balaban J connectivity index is 2.70. The maximum atomic E-state index is 6.21. The first-order valence-electron chi connectivity index (χ1n) is 6.93. The highest BCUT2D eigenvalue weighted by atomic mass is 14.6. The van der Waals surface area contributed by atoms with E-state index in [-0.39, 0.29) is 10.8 Å². The number of nitrogen functional groups attached to an aromatic ring is 1. The number of rotatable bonds is 0. The van der Waals surface area contributed by atoms with Gasteiger partial charge < -0.3 is 5.73 Å². The highest BCUT2D eigenvalue weighted by molar-refractivity contribution is 5.94. The fourth-order valence-electron chi connectivity index (χ4n) is 2.30. The molecule has 102 valence electrons. The monoisotopic (exact) mass is 255 g/mol. The van der Waals surface area contributed by atoms with Crippen LogP contribution in [-0.4, -0.2) is 0 Å². The molecule has 0 spiro atoms. The third-order valence-electron chi connectivity index (χ3n) is 3.72. The summed E-state index contributed by atoms with van der Waals surface area (Å²) in [6, 6.07) is 11.0. The van der Waals surface area contributed by atoms with Crippen LogP contribution >= 0.6 is 0 Å². The molecule has 0 saturated carbocycles. The average Bonchev–Trinajstić information content (AvgIpc) is 2.25. The van der Waals surface area contributed by atoms with Crippen LogP contribution in [0.2, 0.25) is 0 Å². The Morgan fingerprint density at radius 1 is 0.737 bits per heavy atom. The lowest BCUT2D eigenvalue weighted by molar-refractivity contribution is 0.589. The molecule has 0 atom stereocenters. The van der Waals surface area contributed by atoms with Gasteiger partial charge in [-0.2, -0.15) is 0 Å². The molecule has 0 aliphatic heterocycles. The Morgan fingerprint density at radius 2 is 1.26 bits per heavy atom. The largest absolute Gasteiger partial charge is 0.398 e. The smallest absolute Gasteiger partial charge is 0.0396 e. The lowest BCUT2D eigenvalue weighted by Gasteiger charge is -2.23. The fourth-order valence-corrected chi connectivity index (χ4v) is 2.30. The van der Waals surface area contributed by atoms with Gasteiger partial charge in [0.15, 0.2) is 0 Å². The van der Waals surface area contributed by atoms with Crippen LogP contribution in [0.25, 0.3) is 10.8 Å². The molecule has 19 heavy (non-hydrogen) atoms. The maximum Gasteiger partial charge on any atom is 0.0396 e. The van der Waals surface area contributed by atoms with Crippen LogP contribution in [0.4, 0.5) is 5.69 Å². The molecular weight excluding hydrogens is 230 g/mol. The van der Waals surface area contributed by atoms with E-state index in [9.17, 15) is 0 Å². The molecule has 0 aromatic heterocycles. The number of fused-ring (bicyclic) bond motifs is 1. The predicted molar refractivity (Wildman–Crippen MR) is 85.8 cm³/mol. The van der Waals surface area contributed by atoms with Crippen molar-refractivity contribution >= 4 is 16.5 Å². The fraction of sp³-hybridized carbons (Fsp3) is 0.444. The van der Waals surface area contributed by atoms with Crippen molar-refractivity contribution in [3.8, 4) is 0 Å². The lowest BCUT2D eigenvalue weighted by atomic mass is 9.83. The van der Waals surface area contributed by atoms with Gasteiger partial charge in [0.05, 0.1) is 0 Å². The molecule has 0 fully saturated rings. The number of benzene rings is 2. The predicted octanol–water partition coefficient (Wildman–Crippen LogP) is 5.02. The summed E-state index contributed by atoms with van der Waals surface area (Å²) in [5, 5.41) is 2.40. The van der Waals surface area contributed by atoms with Gasteiger partial charge in [0.1, 0.15) is 0 Å². The lowest BCUT2D eigenvalue weighted by Crippen LogP contribution is -2.13. The SMILES string of the molecule is CC(C)(C)c1ccc2c(N)cc(C(C)(C)C)cc2c1.